The summed E-state index contributed by atoms with van der Waals surface area (Å²) in [5.74, 6) is -0.611. The topological polar surface area (TPSA) is 73.8 Å². The number of hydrogen-bond donors (Lipinski definition) is 1. The number of nitrogens with two attached hydrogens (primary N) is 1. The van der Waals surface area contributed by atoms with E-state index in [1.807, 2.05) is 0 Å². The Morgan fingerprint density at radius 2 is 2.28 bits per heavy atom. The molecule has 2 N–H and O–H groups in total. The summed E-state index contributed by atoms with van der Waals surface area (Å²) >= 11 is 0. The van der Waals surface area contributed by atoms with Gasteiger partial charge in [0.2, 0.25) is 5.78 Å². The highest BCUT2D eigenvalue weighted by Gasteiger charge is 2.14. The number of carbonyl (C=O) groups is 1. The van der Waals surface area contributed by atoms with Crippen molar-refractivity contribution in [2.45, 2.75) is 13.5 Å². The molecule has 94 valence electrons. The zero-order valence-corrected chi connectivity index (χ0v) is 9.93. The highest BCUT2D eigenvalue weighted by Crippen LogP contribution is 2.12. The second-order valence-electron chi connectivity index (χ2n) is 3.95. The molecule has 0 fully saturated rings. The van der Waals surface area contributed by atoms with E-state index in [2.05, 4.69) is 10.3 Å². The van der Waals surface area contributed by atoms with Crippen LogP contribution in [0.15, 0.2) is 24.4 Å². The fourth-order valence-electron chi connectivity index (χ4n) is 1.58. The lowest BCUT2D eigenvalue weighted by atomic mass is 10.1. The summed E-state index contributed by atoms with van der Waals surface area (Å²) in [5, 5.41) is 7.56. The fourth-order valence-corrected chi connectivity index (χ4v) is 1.58. The van der Waals surface area contributed by atoms with E-state index in [-0.39, 0.29) is 17.3 Å². The number of carbonyl (C=O) groups excluding carboxylic acids is 1. The number of halogens is 1. The first-order valence-electron chi connectivity index (χ1n) is 5.53. The summed E-state index contributed by atoms with van der Waals surface area (Å²) < 4.78 is 14.6. The molecule has 0 spiro atoms. The van der Waals surface area contributed by atoms with E-state index >= 15 is 0 Å². The maximum absolute atomic E-state index is 13.1. The maximum atomic E-state index is 13.1. The van der Waals surface area contributed by atoms with Crippen LogP contribution >= 0.6 is 0 Å². The molecule has 5 nitrogen and oxygen atoms in total. The molecule has 0 aliphatic rings. The number of nitrogens with zero attached hydrogens (tertiary/aromatic N) is 3. The Bertz CT molecular complexity index is 579. The largest absolute Gasteiger partial charge is 0.329 e. The first-order valence-corrected chi connectivity index (χ1v) is 5.53. The summed E-state index contributed by atoms with van der Waals surface area (Å²) in [7, 11) is 0. The summed E-state index contributed by atoms with van der Waals surface area (Å²) in [6.45, 7) is 2.53. The Kier molecular flexibility index (Phi) is 3.47. The van der Waals surface area contributed by atoms with Crippen molar-refractivity contribution < 1.29 is 9.18 Å². The summed E-state index contributed by atoms with van der Waals surface area (Å²) in [5.41, 5.74) is 6.43. The minimum Gasteiger partial charge on any atom is -0.329 e. The lowest BCUT2D eigenvalue weighted by molar-refractivity contribution is 0.103. The van der Waals surface area contributed by atoms with Gasteiger partial charge in [-0.2, -0.15) is 0 Å². The number of benzene rings is 1. The Hall–Kier alpha value is -2.08. The number of hydrogen-bond acceptors (Lipinski definition) is 4. The zero-order valence-electron chi connectivity index (χ0n) is 9.93. The first-order chi connectivity index (χ1) is 8.61. The van der Waals surface area contributed by atoms with Gasteiger partial charge in [0, 0.05) is 12.1 Å². The molecule has 1 heterocycles. The third kappa shape index (κ3) is 2.43. The average Bonchev–Trinajstić information content (AvgIpc) is 2.81. The van der Waals surface area contributed by atoms with Crippen LogP contribution in [-0.4, -0.2) is 27.3 Å². The van der Waals surface area contributed by atoms with E-state index in [0.717, 1.165) is 0 Å². The van der Waals surface area contributed by atoms with Crippen molar-refractivity contribution in [3.63, 3.8) is 0 Å². The minimum atomic E-state index is -0.335. The van der Waals surface area contributed by atoms with Crippen LogP contribution in [0.4, 0.5) is 4.39 Å². The number of ketones is 1. The van der Waals surface area contributed by atoms with Crippen molar-refractivity contribution in [3.8, 4) is 0 Å². The van der Waals surface area contributed by atoms with E-state index in [9.17, 15) is 9.18 Å². The van der Waals surface area contributed by atoms with Gasteiger partial charge in [0.25, 0.3) is 0 Å². The number of aromatic nitrogens is 3. The van der Waals surface area contributed by atoms with Crippen LogP contribution in [0.25, 0.3) is 0 Å². The smallest absolute Gasteiger partial charge is 0.214 e. The number of rotatable bonds is 4. The standard InChI is InChI=1S/C12H13FN4O/c1-8-6-9(2-3-10(8)13)12(18)11-7-17(5-4-14)16-15-11/h2-3,6-7H,4-5,14H2,1H3. The van der Waals surface area contributed by atoms with Gasteiger partial charge in [0.15, 0.2) is 5.69 Å². The fraction of sp³-hybridized carbons (Fsp3) is 0.250. The second-order valence-corrected chi connectivity index (χ2v) is 3.95. The molecule has 0 unspecified atom stereocenters. The van der Waals surface area contributed by atoms with Gasteiger partial charge in [-0.25, -0.2) is 4.39 Å². The Morgan fingerprint density at radius 3 is 2.94 bits per heavy atom. The Morgan fingerprint density at radius 1 is 1.50 bits per heavy atom. The summed E-state index contributed by atoms with van der Waals surface area (Å²) in [6.07, 6.45) is 1.54. The highest BCUT2D eigenvalue weighted by atomic mass is 19.1. The molecular weight excluding hydrogens is 235 g/mol. The molecule has 0 aliphatic carbocycles. The Labute approximate surface area is 103 Å². The number of aryl methyl sites for hydroxylation is 1. The predicted molar refractivity (Wildman–Crippen MR) is 63.6 cm³/mol. The van der Waals surface area contributed by atoms with Crippen LogP contribution in [0.3, 0.4) is 0 Å². The average molecular weight is 248 g/mol. The van der Waals surface area contributed by atoms with Gasteiger partial charge in [0.05, 0.1) is 12.7 Å². The van der Waals surface area contributed by atoms with Crippen LogP contribution in [-0.2, 0) is 6.54 Å². The molecule has 2 aromatic rings. The lowest BCUT2D eigenvalue weighted by Crippen LogP contribution is -2.10. The van der Waals surface area contributed by atoms with Crippen molar-refractivity contribution in [2.24, 2.45) is 5.73 Å². The molecule has 0 radical (unpaired) electrons. The van der Waals surface area contributed by atoms with E-state index in [0.29, 0.717) is 24.2 Å². The lowest BCUT2D eigenvalue weighted by Gasteiger charge is -2.00. The molecule has 2 rings (SSSR count). The SMILES string of the molecule is Cc1cc(C(=O)c2cn(CCN)nn2)ccc1F. The van der Waals surface area contributed by atoms with Crippen LogP contribution in [0, 0.1) is 12.7 Å². The van der Waals surface area contributed by atoms with Crippen LogP contribution in [0.1, 0.15) is 21.6 Å². The van der Waals surface area contributed by atoms with E-state index < -0.39 is 0 Å². The van der Waals surface area contributed by atoms with Crippen LogP contribution < -0.4 is 5.73 Å². The molecule has 0 saturated carbocycles. The third-order valence-corrected chi connectivity index (χ3v) is 2.55. The highest BCUT2D eigenvalue weighted by molar-refractivity contribution is 6.07. The van der Waals surface area contributed by atoms with E-state index in [1.54, 1.807) is 6.92 Å². The van der Waals surface area contributed by atoms with Crippen LogP contribution in [0.2, 0.25) is 0 Å². The zero-order chi connectivity index (χ0) is 13.1. The van der Waals surface area contributed by atoms with Gasteiger partial charge in [0.1, 0.15) is 5.82 Å². The molecule has 0 atom stereocenters. The maximum Gasteiger partial charge on any atom is 0.214 e. The van der Waals surface area contributed by atoms with Crippen molar-refractivity contribution in [2.75, 3.05) is 6.54 Å². The van der Waals surface area contributed by atoms with Crippen molar-refractivity contribution >= 4 is 5.78 Å². The van der Waals surface area contributed by atoms with Gasteiger partial charge >= 0.3 is 0 Å². The van der Waals surface area contributed by atoms with Gasteiger partial charge in [-0.15, -0.1) is 5.10 Å². The predicted octanol–water partition coefficient (Wildman–Crippen LogP) is 0.915. The molecule has 18 heavy (non-hydrogen) atoms. The second kappa shape index (κ2) is 5.05. The molecule has 0 amide bonds. The van der Waals surface area contributed by atoms with Gasteiger partial charge in [-0.1, -0.05) is 5.21 Å². The molecule has 0 aliphatic heterocycles. The quantitative estimate of drug-likeness (QED) is 0.816. The van der Waals surface area contributed by atoms with Crippen molar-refractivity contribution in [1.29, 1.82) is 0 Å². The van der Waals surface area contributed by atoms with Gasteiger partial charge < -0.3 is 5.73 Å². The van der Waals surface area contributed by atoms with Gasteiger partial charge in [-0.3, -0.25) is 9.48 Å². The van der Waals surface area contributed by atoms with Crippen molar-refractivity contribution in [1.82, 2.24) is 15.0 Å². The van der Waals surface area contributed by atoms with E-state index in [4.69, 9.17) is 5.73 Å². The first kappa shape index (κ1) is 12.4. The van der Waals surface area contributed by atoms with Gasteiger partial charge in [-0.05, 0) is 30.7 Å². The van der Waals surface area contributed by atoms with E-state index in [1.165, 1.54) is 29.1 Å². The molecule has 6 heteroatoms. The molecule has 1 aromatic heterocycles. The van der Waals surface area contributed by atoms with Crippen molar-refractivity contribution in [3.05, 3.63) is 47.0 Å². The molecular formula is C12H13FN4O. The normalized spacial score (nSPS) is 10.6. The molecule has 0 bridgehead atoms. The molecule has 1 aromatic carbocycles. The summed E-state index contributed by atoms with van der Waals surface area (Å²) in [4.78, 5) is 12.1. The third-order valence-electron chi connectivity index (χ3n) is 2.55. The summed E-state index contributed by atoms with van der Waals surface area (Å²) in [6, 6.07) is 4.21. The van der Waals surface area contributed by atoms with Crippen LogP contribution in [0.5, 0.6) is 0 Å². The molecule has 0 saturated heterocycles. The Balaban J connectivity index is 2.26. The monoisotopic (exact) mass is 248 g/mol. The minimum absolute atomic E-state index is 0.231.